The van der Waals surface area contributed by atoms with Crippen LogP contribution in [0.1, 0.15) is 16.1 Å². The Balaban J connectivity index is 1.92. The average molecular weight is 289 g/mol. The lowest BCUT2D eigenvalue weighted by Crippen LogP contribution is -2.19. The number of methoxy groups -OCH3 is 1. The summed E-state index contributed by atoms with van der Waals surface area (Å²) in [5.74, 6) is 0.168. The van der Waals surface area contributed by atoms with Crippen LogP contribution in [0.25, 0.3) is 0 Å². The van der Waals surface area contributed by atoms with E-state index in [1.807, 2.05) is 0 Å². The zero-order chi connectivity index (χ0) is 15.2. The van der Waals surface area contributed by atoms with Gasteiger partial charge in [-0.05, 0) is 30.3 Å². The van der Waals surface area contributed by atoms with Gasteiger partial charge in [0.25, 0.3) is 0 Å². The smallest absolute Gasteiger partial charge is 0.341 e. The molecule has 0 bridgehead atoms. The molecule has 0 fully saturated rings. The highest BCUT2D eigenvalue weighted by molar-refractivity contribution is 5.89. The summed E-state index contributed by atoms with van der Waals surface area (Å²) in [5, 5.41) is 5.59. The molecular weight excluding hydrogens is 274 g/mol. The third kappa shape index (κ3) is 4.00. The van der Waals surface area contributed by atoms with Gasteiger partial charge < -0.3 is 25.5 Å². The van der Waals surface area contributed by atoms with Crippen molar-refractivity contribution in [2.45, 2.75) is 6.54 Å². The van der Waals surface area contributed by atoms with Gasteiger partial charge in [0.05, 0.1) is 19.2 Å². The number of furan rings is 1. The predicted molar refractivity (Wildman–Crippen MR) is 77.0 cm³/mol. The van der Waals surface area contributed by atoms with Crippen LogP contribution in [0.15, 0.2) is 41.0 Å². The van der Waals surface area contributed by atoms with Gasteiger partial charge in [-0.15, -0.1) is 0 Å². The Hall–Kier alpha value is -2.96. The van der Waals surface area contributed by atoms with Crippen LogP contribution in [0.4, 0.5) is 16.2 Å². The monoisotopic (exact) mass is 289 g/mol. The lowest BCUT2D eigenvalue weighted by atomic mass is 10.2. The Kier molecular flexibility index (Phi) is 4.45. The van der Waals surface area contributed by atoms with Crippen molar-refractivity contribution in [3.8, 4) is 0 Å². The first-order chi connectivity index (χ1) is 10.1. The number of benzene rings is 1. The standard InChI is InChI=1S/C14H15N3O4/c1-20-13(18)9-6-12(21-8-9)7-16-10-2-4-11(5-3-10)17-14(15)19/h2-6,8,16H,7H2,1H3,(H3,15,17,19). The molecule has 1 aromatic heterocycles. The number of amides is 2. The normalized spacial score (nSPS) is 9.95. The zero-order valence-electron chi connectivity index (χ0n) is 11.4. The minimum Gasteiger partial charge on any atom is -0.467 e. The van der Waals surface area contributed by atoms with E-state index in [0.717, 1.165) is 5.69 Å². The SMILES string of the molecule is COC(=O)c1coc(CNc2ccc(NC(N)=O)cc2)c1. The maximum Gasteiger partial charge on any atom is 0.341 e. The number of nitrogens with two attached hydrogens (primary N) is 1. The zero-order valence-corrected chi connectivity index (χ0v) is 11.4. The van der Waals surface area contributed by atoms with E-state index in [1.54, 1.807) is 30.3 Å². The summed E-state index contributed by atoms with van der Waals surface area (Å²) >= 11 is 0. The Bertz CT molecular complexity index is 634. The molecule has 0 radical (unpaired) electrons. The van der Waals surface area contributed by atoms with Crippen molar-refractivity contribution < 1.29 is 18.7 Å². The molecule has 4 N–H and O–H groups in total. The van der Waals surface area contributed by atoms with Crippen LogP contribution in [0, 0.1) is 0 Å². The summed E-state index contributed by atoms with van der Waals surface area (Å²) < 4.78 is 9.84. The van der Waals surface area contributed by atoms with Gasteiger partial charge in [0.15, 0.2) is 0 Å². The molecule has 21 heavy (non-hydrogen) atoms. The molecule has 2 amide bonds. The van der Waals surface area contributed by atoms with E-state index in [9.17, 15) is 9.59 Å². The maximum atomic E-state index is 11.3. The number of rotatable bonds is 5. The highest BCUT2D eigenvalue weighted by atomic mass is 16.5. The fourth-order valence-electron chi connectivity index (χ4n) is 1.70. The number of carbonyl (C=O) groups excluding carboxylic acids is 2. The molecule has 1 heterocycles. The van der Waals surface area contributed by atoms with Gasteiger partial charge in [0, 0.05) is 11.4 Å². The summed E-state index contributed by atoms with van der Waals surface area (Å²) in [6, 6.07) is 8.01. The Morgan fingerprint density at radius 1 is 1.24 bits per heavy atom. The second-order valence-corrected chi connectivity index (χ2v) is 4.21. The largest absolute Gasteiger partial charge is 0.467 e. The molecule has 110 valence electrons. The molecule has 2 rings (SSSR count). The maximum absolute atomic E-state index is 11.3. The van der Waals surface area contributed by atoms with Crippen molar-refractivity contribution >= 4 is 23.4 Å². The molecule has 0 aliphatic carbocycles. The molecule has 0 atom stereocenters. The molecule has 0 saturated heterocycles. The van der Waals surface area contributed by atoms with Crippen LogP contribution in [0.3, 0.4) is 0 Å². The van der Waals surface area contributed by atoms with E-state index in [4.69, 9.17) is 10.2 Å². The molecule has 7 heteroatoms. The fraction of sp³-hybridized carbons (Fsp3) is 0.143. The number of primary amides is 1. The fourth-order valence-corrected chi connectivity index (χ4v) is 1.70. The Morgan fingerprint density at radius 3 is 2.52 bits per heavy atom. The van der Waals surface area contributed by atoms with Crippen LogP contribution < -0.4 is 16.4 Å². The van der Waals surface area contributed by atoms with Gasteiger partial charge >= 0.3 is 12.0 Å². The van der Waals surface area contributed by atoms with Crippen molar-refractivity contribution in [2.75, 3.05) is 17.7 Å². The van der Waals surface area contributed by atoms with Crippen molar-refractivity contribution in [3.63, 3.8) is 0 Å². The Morgan fingerprint density at radius 2 is 1.90 bits per heavy atom. The summed E-state index contributed by atoms with van der Waals surface area (Å²) in [6.45, 7) is 0.416. The number of esters is 1. The second-order valence-electron chi connectivity index (χ2n) is 4.21. The molecule has 0 saturated carbocycles. The first-order valence-corrected chi connectivity index (χ1v) is 6.14. The number of hydrogen-bond acceptors (Lipinski definition) is 5. The first kappa shape index (κ1) is 14.4. The van der Waals surface area contributed by atoms with Gasteiger partial charge in [0.2, 0.25) is 0 Å². The number of urea groups is 1. The number of anilines is 2. The minimum absolute atomic E-state index is 0.371. The first-order valence-electron chi connectivity index (χ1n) is 6.14. The average Bonchev–Trinajstić information content (AvgIpc) is 2.94. The lowest BCUT2D eigenvalue weighted by molar-refractivity contribution is 0.0600. The lowest BCUT2D eigenvalue weighted by Gasteiger charge is -2.06. The van der Waals surface area contributed by atoms with Crippen molar-refractivity contribution in [3.05, 3.63) is 47.9 Å². The molecule has 0 aliphatic rings. The topological polar surface area (TPSA) is 107 Å². The molecule has 2 aromatic rings. The van der Waals surface area contributed by atoms with Gasteiger partial charge in [0.1, 0.15) is 12.0 Å². The highest BCUT2D eigenvalue weighted by Gasteiger charge is 2.09. The predicted octanol–water partition coefficient (Wildman–Crippen LogP) is 2.17. The van der Waals surface area contributed by atoms with E-state index in [2.05, 4.69) is 15.4 Å². The van der Waals surface area contributed by atoms with Gasteiger partial charge in [-0.1, -0.05) is 0 Å². The molecule has 0 aliphatic heterocycles. The van der Waals surface area contributed by atoms with E-state index in [1.165, 1.54) is 13.4 Å². The van der Waals surface area contributed by atoms with E-state index in [0.29, 0.717) is 23.6 Å². The molecular formula is C14H15N3O4. The van der Waals surface area contributed by atoms with E-state index >= 15 is 0 Å². The minimum atomic E-state index is -0.610. The molecule has 0 unspecified atom stereocenters. The number of hydrogen-bond donors (Lipinski definition) is 3. The van der Waals surface area contributed by atoms with Gasteiger partial charge in [-0.25, -0.2) is 9.59 Å². The molecule has 7 nitrogen and oxygen atoms in total. The van der Waals surface area contributed by atoms with Crippen molar-refractivity contribution in [1.29, 1.82) is 0 Å². The summed E-state index contributed by atoms with van der Waals surface area (Å²) in [4.78, 5) is 22.0. The van der Waals surface area contributed by atoms with Crippen LogP contribution in [0.2, 0.25) is 0 Å². The van der Waals surface area contributed by atoms with Crippen LogP contribution >= 0.6 is 0 Å². The van der Waals surface area contributed by atoms with Gasteiger partial charge in [-0.2, -0.15) is 0 Å². The van der Waals surface area contributed by atoms with Crippen LogP contribution in [-0.2, 0) is 11.3 Å². The summed E-state index contributed by atoms with van der Waals surface area (Å²) in [7, 11) is 1.31. The second kappa shape index (κ2) is 6.47. The van der Waals surface area contributed by atoms with Crippen LogP contribution in [0.5, 0.6) is 0 Å². The third-order valence-electron chi connectivity index (χ3n) is 2.69. The van der Waals surface area contributed by atoms with E-state index < -0.39 is 12.0 Å². The van der Waals surface area contributed by atoms with Crippen molar-refractivity contribution in [1.82, 2.24) is 0 Å². The number of nitrogens with one attached hydrogen (secondary N) is 2. The summed E-state index contributed by atoms with van der Waals surface area (Å²) in [5.41, 5.74) is 6.83. The quantitative estimate of drug-likeness (QED) is 0.731. The third-order valence-corrected chi connectivity index (χ3v) is 2.69. The summed E-state index contributed by atoms with van der Waals surface area (Å²) in [6.07, 6.45) is 1.35. The van der Waals surface area contributed by atoms with Crippen molar-refractivity contribution in [2.24, 2.45) is 5.73 Å². The van der Waals surface area contributed by atoms with E-state index in [-0.39, 0.29) is 0 Å². The molecule has 1 aromatic carbocycles. The van der Waals surface area contributed by atoms with Crippen LogP contribution in [-0.4, -0.2) is 19.1 Å². The highest BCUT2D eigenvalue weighted by Crippen LogP contribution is 2.15. The molecule has 0 spiro atoms. The Labute approximate surface area is 121 Å². The number of carbonyl (C=O) groups is 2. The number of ether oxygens (including phenoxy) is 1. The van der Waals surface area contributed by atoms with Gasteiger partial charge in [-0.3, -0.25) is 0 Å².